The lowest BCUT2D eigenvalue weighted by Gasteiger charge is -2.23. The number of nitrogens with one attached hydrogen (secondary N) is 3. The van der Waals surface area contributed by atoms with E-state index in [0.29, 0.717) is 0 Å². The Morgan fingerprint density at radius 1 is 0.882 bits per heavy atom. The van der Waals surface area contributed by atoms with Gasteiger partial charge in [-0.1, -0.05) is 0 Å². The Kier molecular flexibility index (Phi) is 10.9. The van der Waals surface area contributed by atoms with Gasteiger partial charge in [0.1, 0.15) is 0 Å². The van der Waals surface area contributed by atoms with E-state index in [2.05, 4.69) is 20.7 Å². The zero-order chi connectivity index (χ0) is 13.1. The maximum atomic E-state index is 9.10. The van der Waals surface area contributed by atoms with Gasteiger partial charge in [-0.25, -0.2) is 0 Å². The Bertz CT molecular complexity index is 161. The van der Waals surface area contributed by atoms with E-state index in [1.165, 1.54) is 0 Å². The molecule has 0 bridgehead atoms. The average molecular weight is 244 g/mol. The fourth-order valence-corrected chi connectivity index (χ4v) is 1.47. The van der Waals surface area contributed by atoms with Crippen molar-refractivity contribution < 1.29 is 10.0 Å². The number of hydrogen-bond donors (Lipinski definition) is 5. The summed E-state index contributed by atoms with van der Waals surface area (Å²) in [6.45, 7) is 8.61. The van der Waals surface area contributed by atoms with Crippen molar-refractivity contribution in [2.75, 3.05) is 46.3 Å². The van der Waals surface area contributed by atoms with Crippen LogP contribution in [0.15, 0.2) is 0 Å². The van der Waals surface area contributed by atoms with Crippen LogP contribution in [0.2, 0.25) is 13.6 Å². The maximum Gasteiger partial charge on any atom is 0.373 e. The third-order valence-electron chi connectivity index (χ3n) is 2.41. The lowest BCUT2D eigenvalue weighted by atomic mass is 9.89. The molecular weight excluding hydrogens is 218 g/mol. The highest BCUT2D eigenvalue weighted by Gasteiger charge is 2.07. The maximum absolute atomic E-state index is 9.10. The van der Waals surface area contributed by atoms with Gasteiger partial charge in [0.15, 0.2) is 0 Å². The summed E-state index contributed by atoms with van der Waals surface area (Å²) in [6.07, 6.45) is 0. The number of hydrogen-bond acceptors (Lipinski definition) is 6. The van der Waals surface area contributed by atoms with Gasteiger partial charge >= 0.3 is 14.1 Å². The normalized spacial score (nSPS) is 10.9. The second-order valence-electron chi connectivity index (χ2n) is 4.21. The van der Waals surface area contributed by atoms with Crippen molar-refractivity contribution >= 4 is 14.1 Å². The molecule has 6 nitrogen and oxygen atoms in total. The third kappa shape index (κ3) is 12.1. The minimum Gasteiger partial charge on any atom is -0.437 e. The van der Waals surface area contributed by atoms with Gasteiger partial charge in [0.25, 0.3) is 0 Å². The van der Waals surface area contributed by atoms with E-state index in [1.54, 1.807) is 13.6 Å². The first-order chi connectivity index (χ1) is 8.06. The summed E-state index contributed by atoms with van der Waals surface area (Å²) in [6, 6.07) is 0. The number of rotatable bonds is 11. The minimum absolute atomic E-state index is 0.461. The lowest BCUT2D eigenvalue weighted by Crippen LogP contribution is -2.44. The zero-order valence-corrected chi connectivity index (χ0v) is 11.2. The van der Waals surface area contributed by atoms with Gasteiger partial charge in [-0.3, -0.25) is 4.90 Å². The fraction of sp³-hybridized carbons (Fsp3) is 1.00. The molecule has 0 aromatic rings. The van der Waals surface area contributed by atoms with Crippen LogP contribution >= 0.6 is 0 Å². The van der Waals surface area contributed by atoms with Crippen molar-refractivity contribution in [3.8, 4) is 0 Å². The molecule has 0 rings (SSSR count). The van der Waals surface area contributed by atoms with Gasteiger partial charge in [-0.2, -0.15) is 0 Å². The third-order valence-corrected chi connectivity index (χ3v) is 2.41. The highest BCUT2D eigenvalue weighted by Crippen LogP contribution is 1.86. The standard InChI is InChI=1S/C9H26B2N4O2/c1-10(16)13-5-8-15(7-4-12-3)9-6-14-11(2)17/h12-14,16-17H,4-9H2,1-3H3. The summed E-state index contributed by atoms with van der Waals surface area (Å²) in [7, 11) is 1.01. The molecule has 0 aliphatic heterocycles. The van der Waals surface area contributed by atoms with Crippen LogP contribution in [0.5, 0.6) is 0 Å². The number of nitrogens with zero attached hydrogens (tertiary/aromatic N) is 1. The lowest BCUT2D eigenvalue weighted by molar-refractivity contribution is 0.282. The van der Waals surface area contributed by atoms with Gasteiger partial charge in [-0.05, 0) is 33.8 Å². The van der Waals surface area contributed by atoms with Gasteiger partial charge in [0, 0.05) is 26.2 Å². The molecule has 5 N–H and O–H groups in total. The van der Waals surface area contributed by atoms with Crippen LogP contribution in [0.4, 0.5) is 0 Å². The first-order valence-corrected chi connectivity index (χ1v) is 6.26. The topological polar surface area (TPSA) is 79.8 Å². The summed E-state index contributed by atoms with van der Waals surface area (Å²) in [4.78, 5) is 2.28. The van der Waals surface area contributed by atoms with Crippen LogP contribution < -0.4 is 15.8 Å². The Morgan fingerprint density at radius 2 is 1.29 bits per heavy atom. The first kappa shape index (κ1) is 16.9. The van der Waals surface area contributed by atoms with Gasteiger partial charge in [0.05, 0.1) is 0 Å². The molecule has 0 saturated heterocycles. The van der Waals surface area contributed by atoms with Crippen molar-refractivity contribution in [3.05, 3.63) is 0 Å². The zero-order valence-electron chi connectivity index (χ0n) is 11.2. The quantitative estimate of drug-likeness (QED) is 0.268. The van der Waals surface area contributed by atoms with E-state index in [-0.39, 0.29) is 0 Å². The summed E-state index contributed by atoms with van der Waals surface area (Å²) in [5.41, 5.74) is 0. The molecule has 0 unspecified atom stereocenters. The van der Waals surface area contributed by atoms with E-state index in [9.17, 15) is 0 Å². The van der Waals surface area contributed by atoms with E-state index < -0.39 is 14.1 Å². The van der Waals surface area contributed by atoms with Crippen molar-refractivity contribution in [3.63, 3.8) is 0 Å². The molecule has 0 saturated carbocycles. The predicted octanol–water partition coefficient (Wildman–Crippen LogP) is -2.09. The second kappa shape index (κ2) is 11.0. The van der Waals surface area contributed by atoms with Crippen LogP contribution in [0.3, 0.4) is 0 Å². The van der Waals surface area contributed by atoms with Crippen molar-refractivity contribution in [2.24, 2.45) is 0 Å². The molecule has 0 amide bonds. The molecule has 0 aromatic carbocycles. The summed E-state index contributed by atoms with van der Waals surface area (Å²) >= 11 is 0. The molecular formula is C9H26B2N4O2. The highest BCUT2D eigenvalue weighted by molar-refractivity contribution is 6.45. The largest absolute Gasteiger partial charge is 0.437 e. The SMILES string of the molecule is CNCCN(CCNB(C)O)CCNB(C)O. The molecule has 100 valence electrons. The molecule has 0 aliphatic carbocycles. The van der Waals surface area contributed by atoms with Crippen LogP contribution in [-0.4, -0.2) is 75.4 Å². The van der Waals surface area contributed by atoms with Crippen LogP contribution in [0.25, 0.3) is 0 Å². The first-order valence-electron chi connectivity index (χ1n) is 6.26. The monoisotopic (exact) mass is 244 g/mol. The van der Waals surface area contributed by atoms with E-state index in [1.807, 2.05) is 7.05 Å². The van der Waals surface area contributed by atoms with Crippen molar-refractivity contribution in [2.45, 2.75) is 13.6 Å². The Morgan fingerprint density at radius 3 is 1.65 bits per heavy atom. The summed E-state index contributed by atoms with van der Waals surface area (Å²) < 4.78 is 0. The minimum atomic E-state index is -0.461. The van der Waals surface area contributed by atoms with Gasteiger partial charge < -0.3 is 25.8 Å². The Labute approximate surface area is 105 Å². The van der Waals surface area contributed by atoms with Crippen LogP contribution in [0.1, 0.15) is 0 Å². The molecule has 0 heterocycles. The van der Waals surface area contributed by atoms with Crippen LogP contribution in [-0.2, 0) is 0 Å². The Hall–Kier alpha value is -0.110. The highest BCUT2D eigenvalue weighted by atomic mass is 16.2. The predicted molar refractivity (Wildman–Crippen MR) is 74.0 cm³/mol. The number of likely N-dealkylation sites (N-methyl/N-ethyl adjacent to an activating group) is 1. The average Bonchev–Trinajstić information content (AvgIpc) is 2.24. The Balaban J connectivity index is 3.71. The molecule has 0 spiro atoms. The van der Waals surface area contributed by atoms with Crippen molar-refractivity contribution in [1.82, 2.24) is 20.7 Å². The van der Waals surface area contributed by atoms with Crippen molar-refractivity contribution in [1.29, 1.82) is 0 Å². The van der Waals surface area contributed by atoms with E-state index in [0.717, 1.165) is 39.3 Å². The van der Waals surface area contributed by atoms with E-state index in [4.69, 9.17) is 10.0 Å². The molecule has 0 radical (unpaired) electrons. The molecule has 0 atom stereocenters. The molecule has 8 heteroatoms. The molecule has 0 aromatic heterocycles. The van der Waals surface area contributed by atoms with Crippen LogP contribution in [0, 0.1) is 0 Å². The molecule has 17 heavy (non-hydrogen) atoms. The second-order valence-corrected chi connectivity index (χ2v) is 4.21. The smallest absolute Gasteiger partial charge is 0.373 e. The summed E-state index contributed by atoms with van der Waals surface area (Å²) in [5, 5.41) is 27.3. The summed E-state index contributed by atoms with van der Waals surface area (Å²) in [5.74, 6) is 0. The van der Waals surface area contributed by atoms with E-state index >= 15 is 0 Å². The molecule has 0 aliphatic rings. The van der Waals surface area contributed by atoms with Gasteiger partial charge in [-0.15, -0.1) is 0 Å². The fourth-order valence-electron chi connectivity index (χ4n) is 1.47. The van der Waals surface area contributed by atoms with Gasteiger partial charge in [0.2, 0.25) is 0 Å². The molecule has 0 fully saturated rings.